The number of hydrogen-bond donors (Lipinski definition) is 1. The van der Waals surface area contributed by atoms with Gasteiger partial charge in [0.1, 0.15) is 11.4 Å². The highest BCUT2D eigenvalue weighted by Gasteiger charge is 2.13. The van der Waals surface area contributed by atoms with Crippen LogP contribution in [0, 0.1) is 0 Å². The van der Waals surface area contributed by atoms with Gasteiger partial charge in [-0.15, -0.1) is 0 Å². The Morgan fingerprint density at radius 1 is 1.28 bits per heavy atom. The predicted molar refractivity (Wildman–Crippen MR) is 98.8 cm³/mol. The molecular formula is C18H14BrClN2O3. The number of hydrogen-bond acceptors (Lipinski definition) is 4. The van der Waals surface area contributed by atoms with Crippen LogP contribution in [0.25, 0.3) is 11.3 Å². The molecule has 128 valence electrons. The van der Waals surface area contributed by atoms with E-state index in [-0.39, 0.29) is 12.5 Å². The Morgan fingerprint density at radius 2 is 2.12 bits per heavy atom. The van der Waals surface area contributed by atoms with Gasteiger partial charge in [-0.1, -0.05) is 44.8 Å². The predicted octanol–water partition coefficient (Wildman–Crippen LogP) is 4.70. The van der Waals surface area contributed by atoms with Gasteiger partial charge in [-0.2, -0.15) is 0 Å². The summed E-state index contributed by atoms with van der Waals surface area (Å²) < 4.78 is 11.3. The summed E-state index contributed by atoms with van der Waals surface area (Å²) in [6.45, 7) is 0.231. The number of methoxy groups -OCH3 is 1. The molecule has 0 bridgehead atoms. The van der Waals surface area contributed by atoms with E-state index in [0.29, 0.717) is 22.0 Å². The van der Waals surface area contributed by atoms with E-state index in [4.69, 9.17) is 20.9 Å². The van der Waals surface area contributed by atoms with Crippen LogP contribution in [-0.4, -0.2) is 18.2 Å². The maximum absolute atomic E-state index is 12.3. The lowest BCUT2D eigenvalue weighted by Crippen LogP contribution is -2.23. The summed E-state index contributed by atoms with van der Waals surface area (Å²) in [6.07, 6.45) is 0. The maximum atomic E-state index is 12.3. The fourth-order valence-electron chi connectivity index (χ4n) is 2.25. The van der Waals surface area contributed by atoms with Crippen molar-refractivity contribution in [1.82, 2.24) is 10.5 Å². The second kappa shape index (κ2) is 7.72. The van der Waals surface area contributed by atoms with Gasteiger partial charge in [0.25, 0.3) is 5.91 Å². The van der Waals surface area contributed by atoms with Crippen LogP contribution < -0.4 is 10.1 Å². The number of benzene rings is 2. The molecule has 0 spiro atoms. The van der Waals surface area contributed by atoms with E-state index in [2.05, 4.69) is 26.4 Å². The van der Waals surface area contributed by atoms with Crippen LogP contribution in [0.3, 0.4) is 0 Å². The zero-order valence-electron chi connectivity index (χ0n) is 13.3. The first kappa shape index (κ1) is 17.5. The van der Waals surface area contributed by atoms with Gasteiger partial charge in [0, 0.05) is 16.1 Å². The molecule has 0 aliphatic heterocycles. The molecule has 0 fully saturated rings. The van der Waals surface area contributed by atoms with Crippen LogP contribution in [0.1, 0.15) is 16.1 Å². The second-order valence-corrected chi connectivity index (χ2v) is 6.54. The monoisotopic (exact) mass is 420 g/mol. The molecule has 3 aromatic rings. The number of halogens is 2. The van der Waals surface area contributed by atoms with E-state index >= 15 is 0 Å². The molecule has 0 aliphatic rings. The third-order valence-corrected chi connectivity index (χ3v) is 4.34. The maximum Gasteiger partial charge on any atom is 0.253 e. The third-order valence-electron chi connectivity index (χ3n) is 3.52. The van der Waals surface area contributed by atoms with Crippen molar-refractivity contribution < 1.29 is 14.1 Å². The third kappa shape index (κ3) is 4.21. The second-order valence-electron chi connectivity index (χ2n) is 5.22. The van der Waals surface area contributed by atoms with Gasteiger partial charge >= 0.3 is 0 Å². The highest BCUT2D eigenvalue weighted by Crippen LogP contribution is 2.25. The average molecular weight is 422 g/mol. The molecule has 0 atom stereocenters. The van der Waals surface area contributed by atoms with Crippen LogP contribution in [0.15, 0.2) is 57.5 Å². The fourth-order valence-corrected chi connectivity index (χ4v) is 2.81. The van der Waals surface area contributed by atoms with E-state index in [1.54, 1.807) is 31.4 Å². The van der Waals surface area contributed by atoms with Gasteiger partial charge in [-0.3, -0.25) is 4.79 Å². The Hall–Kier alpha value is -2.31. The molecule has 7 heteroatoms. The Morgan fingerprint density at radius 3 is 2.92 bits per heavy atom. The molecule has 1 aromatic heterocycles. The van der Waals surface area contributed by atoms with E-state index in [9.17, 15) is 4.79 Å². The highest BCUT2D eigenvalue weighted by molar-refractivity contribution is 9.10. The molecule has 0 saturated heterocycles. The van der Waals surface area contributed by atoms with E-state index in [1.807, 2.05) is 24.3 Å². The molecule has 1 N–H and O–H groups in total. The van der Waals surface area contributed by atoms with Gasteiger partial charge in [-0.05, 0) is 30.3 Å². The van der Waals surface area contributed by atoms with Crippen molar-refractivity contribution >= 4 is 33.4 Å². The Balaban J connectivity index is 1.69. The highest BCUT2D eigenvalue weighted by atomic mass is 79.9. The largest absolute Gasteiger partial charge is 0.497 e. The van der Waals surface area contributed by atoms with Crippen molar-refractivity contribution in [2.24, 2.45) is 0 Å². The van der Waals surface area contributed by atoms with E-state index in [1.165, 1.54) is 0 Å². The number of amides is 1. The molecule has 3 rings (SSSR count). The summed E-state index contributed by atoms with van der Waals surface area (Å²) in [6, 6.07) is 14.3. The topological polar surface area (TPSA) is 64.4 Å². The van der Waals surface area contributed by atoms with Gasteiger partial charge in [0.05, 0.1) is 24.2 Å². The Bertz CT molecular complexity index is 911. The zero-order valence-corrected chi connectivity index (χ0v) is 15.6. The minimum absolute atomic E-state index is 0.231. The van der Waals surface area contributed by atoms with Crippen molar-refractivity contribution in [3.05, 3.63) is 69.3 Å². The zero-order chi connectivity index (χ0) is 17.8. The molecule has 0 aliphatic carbocycles. The van der Waals surface area contributed by atoms with E-state index in [0.717, 1.165) is 15.8 Å². The smallest absolute Gasteiger partial charge is 0.253 e. The lowest BCUT2D eigenvalue weighted by Gasteiger charge is -2.05. The minimum atomic E-state index is -0.280. The van der Waals surface area contributed by atoms with Crippen molar-refractivity contribution in [3.63, 3.8) is 0 Å². The van der Waals surface area contributed by atoms with Gasteiger partial charge < -0.3 is 14.6 Å². The van der Waals surface area contributed by atoms with E-state index < -0.39 is 0 Å². The minimum Gasteiger partial charge on any atom is -0.497 e. The molecule has 0 saturated carbocycles. The summed E-state index contributed by atoms with van der Waals surface area (Å²) in [5.74, 6) is 1.05. The molecule has 25 heavy (non-hydrogen) atoms. The van der Waals surface area contributed by atoms with Crippen LogP contribution >= 0.6 is 27.5 Å². The number of ether oxygens (including phenoxy) is 1. The van der Waals surface area contributed by atoms with Crippen molar-refractivity contribution in [3.8, 4) is 17.1 Å². The molecule has 2 aromatic carbocycles. The first-order valence-electron chi connectivity index (χ1n) is 7.40. The first-order chi connectivity index (χ1) is 12.1. The Labute approximate surface area is 158 Å². The number of aromatic nitrogens is 1. The number of carbonyl (C=O) groups is 1. The van der Waals surface area contributed by atoms with Crippen molar-refractivity contribution in [2.45, 2.75) is 6.54 Å². The fraction of sp³-hybridized carbons (Fsp3) is 0.111. The standard InChI is InChI=1S/C18H14BrClN2O3/c1-24-14-4-2-3-11(7-14)17-9-13(22-25-17)10-21-18(23)15-8-12(19)5-6-16(15)20/h2-9H,10H2,1H3,(H,21,23). The molecular weight excluding hydrogens is 408 g/mol. The average Bonchev–Trinajstić information content (AvgIpc) is 3.11. The van der Waals surface area contributed by atoms with Crippen LogP contribution in [0.2, 0.25) is 5.02 Å². The van der Waals surface area contributed by atoms with Gasteiger partial charge in [-0.25, -0.2) is 0 Å². The SMILES string of the molecule is COc1cccc(-c2cc(CNC(=O)c3cc(Br)ccc3Cl)no2)c1. The first-order valence-corrected chi connectivity index (χ1v) is 8.57. The van der Waals surface area contributed by atoms with Crippen molar-refractivity contribution in [1.29, 1.82) is 0 Å². The molecule has 0 radical (unpaired) electrons. The molecule has 1 heterocycles. The van der Waals surface area contributed by atoms with Gasteiger partial charge in [0.2, 0.25) is 0 Å². The number of nitrogens with zero attached hydrogens (tertiary/aromatic N) is 1. The van der Waals surface area contributed by atoms with Crippen molar-refractivity contribution in [2.75, 3.05) is 7.11 Å². The van der Waals surface area contributed by atoms with Crippen LogP contribution in [0.4, 0.5) is 0 Å². The number of nitrogens with one attached hydrogen (secondary N) is 1. The summed E-state index contributed by atoms with van der Waals surface area (Å²) in [4.78, 5) is 12.3. The number of rotatable bonds is 5. The summed E-state index contributed by atoms with van der Waals surface area (Å²) >= 11 is 9.38. The quantitative estimate of drug-likeness (QED) is 0.649. The lowest BCUT2D eigenvalue weighted by atomic mass is 10.1. The van der Waals surface area contributed by atoms with Crippen LogP contribution in [-0.2, 0) is 6.54 Å². The van der Waals surface area contributed by atoms with Gasteiger partial charge in [0.15, 0.2) is 5.76 Å². The van der Waals surface area contributed by atoms with Crippen LogP contribution in [0.5, 0.6) is 5.75 Å². The molecule has 0 unspecified atom stereocenters. The number of carbonyl (C=O) groups excluding carboxylic acids is 1. The Kier molecular flexibility index (Phi) is 5.40. The summed E-state index contributed by atoms with van der Waals surface area (Å²) in [5.41, 5.74) is 1.85. The molecule has 5 nitrogen and oxygen atoms in total. The summed E-state index contributed by atoms with van der Waals surface area (Å²) in [7, 11) is 1.60. The molecule has 1 amide bonds. The normalized spacial score (nSPS) is 10.5. The lowest BCUT2D eigenvalue weighted by molar-refractivity contribution is 0.0950. The summed E-state index contributed by atoms with van der Waals surface area (Å²) in [5, 5.41) is 7.15.